The van der Waals surface area contributed by atoms with Gasteiger partial charge in [-0.25, -0.2) is 0 Å². The molecule has 0 aliphatic rings. The van der Waals surface area contributed by atoms with Gasteiger partial charge in [-0.3, -0.25) is 14.2 Å². The van der Waals surface area contributed by atoms with Crippen LogP contribution >= 0.6 is 23.2 Å². The Kier molecular flexibility index (Phi) is 5.37. The second-order valence-electron chi connectivity index (χ2n) is 5.55. The third-order valence-corrected chi connectivity index (χ3v) is 4.78. The number of carbonyl (C=O) groups is 1. The molecule has 2 aromatic heterocycles. The minimum absolute atomic E-state index is 0.0628. The number of aromatic nitrogens is 4. The monoisotopic (exact) mass is 357 g/mol. The van der Waals surface area contributed by atoms with E-state index in [0.717, 1.165) is 17.1 Å². The number of hydrogen-bond acceptors (Lipinski definition) is 3. The molecule has 23 heavy (non-hydrogen) atoms. The van der Waals surface area contributed by atoms with E-state index in [-0.39, 0.29) is 5.91 Å². The molecular formula is C15H21Cl2N5O. The van der Waals surface area contributed by atoms with Gasteiger partial charge in [0.2, 0.25) is 5.91 Å². The predicted molar refractivity (Wildman–Crippen MR) is 90.8 cm³/mol. The fourth-order valence-corrected chi connectivity index (χ4v) is 2.89. The van der Waals surface area contributed by atoms with Gasteiger partial charge in [0.1, 0.15) is 6.04 Å². The molecule has 0 bridgehead atoms. The van der Waals surface area contributed by atoms with E-state index in [2.05, 4.69) is 10.2 Å². The largest absolute Gasteiger partial charge is 0.338 e. The van der Waals surface area contributed by atoms with Crippen LogP contribution in [0.4, 0.5) is 0 Å². The van der Waals surface area contributed by atoms with Crippen molar-refractivity contribution < 1.29 is 4.79 Å². The zero-order valence-electron chi connectivity index (χ0n) is 14.0. The van der Waals surface area contributed by atoms with Crippen LogP contribution in [0.1, 0.15) is 37.0 Å². The Balaban J connectivity index is 2.19. The summed E-state index contributed by atoms with van der Waals surface area (Å²) in [5.41, 5.74) is 2.33. The van der Waals surface area contributed by atoms with Gasteiger partial charge < -0.3 is 4.90 Å². The maximum Gasteiger partial charge on any atom is 0.247 e. The molecule has 2 rings (SSSR count). The average molecular weight is 358 g/mol. The van der Waals surface area contributed by atoms with E-state index in [0.29, 0.717) is 23.1 Å². The summed E-state index contributed by atoms with van der Waals surface area (Å²) in [5, 5.41) is 9.71. The fraction of sp³-hybridized carbons (Fsp3) is 0.533. The van der Waals surface area contributed by atoms with E-state index in [1.807, 2.05) is 27.7 Å². The van der Waals surface area contributed by atoms with Gasteiger partial charge in [0, 0.05) is 13.6 Å². The van der Waals surface area contributed by atoms with Gasteiger partial charge in [0.05, 0.1) is 39.9 Å². The van der Waals surface area contributed by atoms with Crippen LogP contribution in [0.15, 0.2) is 6.20 Å². The van der Waals surface area contributed by atoms with Crippen molar-refractivity contribution in [1.29, 1.82) is 0 Å². The molecular weight excluding hydrogens is 337 g/mol. The van der Waals surface area contributed by atoms with E-state index >= 15 is 0 Å². The van der Waals surface area contributed by atoms with E-state index < -0.39 is 6.04 Å². The minimum atomic E-state index is -0.442. The first-order valence-corrected chi connectivity index (χ1v) is 8.19. The van der Waals surface area contributed by atoms with Crippen LogP contribution in [0.5, 0.6) is 0 Å². The van der Waals surface area contributed by atoms with E-state index in [1.165, 1.54) is 0 Å². The molecule has 126 valence electrons. The molecule has 0 aliphatic heterocycles. The first kappa shape index (κ1) is 17.8. The van der Waals surface area contributed by atoms with Gasteiger partial charge in [-0.15, -0.1) is 0 Å². The highest BCUT2D eigenvalue weighted by Gasteiger charge is 2.24. The molecule has 1 amide bonds. The number of likely N-dealkylation sites (N-methyl/N-ethyl adjacent to an activating group) is 1. The third kappa shape index (κ3) is 3.38. The lowest BCUT2D eigenvalue weighted by Gasteiger charge is -2.23. The highest BCUT2D eigenvalue weighted by Crippen LogP contribution is 2.24. The topological polar surface area (TPSA) is 56.0 Å². The number of amides is 1. The standard InChI is InChI=1S/C15H21Cl2N5O/c1-6-21-13(12(16)7-18-21)8-20(5)15(23)11(4)22-10(3)14(17)9(2)19-22/h7,11H,6,8H2,1-5H3. The van der Waals surface area contributed by atoms with E-state index in [9.17, 15) is 4.79 Å². The Bertz CT molecular complexity index is 722. The highest BCUT2D eigenvalue weighted by atomic mass is 35.5. The first-order chi connectivity index (χ1) is 10.8. The smallest absolute Gasteiger partial charge is 0.247 e. The quantitative estimate of drug-likeness (QED) is 0.825. The summed E-state index contributed by atoms with van der Waals surface area (Å²) in [6.45, 7) is 8.57. The average Bonchev–Trinajstić information content (AvgIpc) is 3.00. The molecule has 1 atom stereocenters. The fourth-order valence-electron chi connectivity index (χ4n) is 2.56. The van der Waals surface area contributed by atoms with Crippen molar-refractivity contribution >= 4 is 29.1 Å². The SMILES string of the molecule is CCn1ncc(Cl)c1CN(C)C(=O)C(C)n1nc(C)c(Cl)c1C. The summed E-state index contributed by atoms with van der Waals surface area (Å²) in [7, 11) is 1.75. The van der Waals surface area contributed by atoms with Gasteiger partial charge in [-0.05, 0) is 27.7 Å². The predicted octanol–water partition coefficient (Wildman–Crippen LogP) is 3.24. The summed E-state index contributed by atoms with van der Waals surface area (Å²) in [6.07, 6.45) is 1.60. The van der Waals surface area contributed by atoms with Crippen molar-refractivity contribution in [2.24, 2.45) is 0 Å². The molecule has 0 N–H and O–H groups in total. The number of hydrogen-bond donors (Lipinski definition) is 0. The molecule has 0 aromatic carbocycles. The third-order valence-electron chi connectivity index (χ3n) is 3.92. The molecule has 6 nitrogen and oxygen atoms in total. The van der Waals surface area contributed by atoms with Gasteiger partial charge in [0.25, 0.3) is 0 Å². The van der Waals surface area contributed by atoms with Crippen LogP contribution in [0.2, 0.25) is 10.0 Å². The summed E-state index contributed by atoms with van der Waals surface area (Å²) >= 11 is 12.3. The van der Waals surface area contributed by atoms with Crippen LogP contribution in [0.25, 0.3) is 0 Å². The molecule has 0 radical (unpaired) electrons. The summed E-state index contributed by atoms with van der Waals surface area (Å²) in [6, 6.07) is -0.442. The Morgan fingerprint density at radius 2 is 2.04 bits per heavy atom. The molecule has 8 heteroatoms. The Hall–Kier alpha value is -1.53. The highest BCUT2D eigenvalue weighted by molar-refractivity contribution is 6.32. The molecule has 2 aromatic rings. The lowest BCUT2D eigenvalue weighted by molar-refractivity contribution is -0.133. The maximum atomic E-state index is 12.7. The number of carbonyl (C=O) groups excluding carboxylic acids is 1. The van der Waals surface area contributed by atoms with Crippen LogP contribution in [0, 0.1) is 13.8 Å². The molecule has 2 heterocycles. The minimum Gasteiger partial charge on any atom is -0.338 e. The van der Waals surface area contributed by atoms with Crippen molar-refractivity contribution in [3.8, 4) is 0 Å². The normalized spacial score (nSPS) is 12.5. The second-order valence-corrected chi connectivity index (χ2v) is 6.34. The van der Waals surface area contributed by atoms with E-state index in [1.54, 1.807) is 27.5 Å². The number of nitrogens with zero attached hydrogens (tertiary/aromatic N) is 5. The van der Waals surface area contributed by atoms with Crippen LogP contribution in [0.3, 0.4) is 0 Å². The lowest BCUT2D eigenvalue weighted by atomic mass is 10.2. The molecule has 0 aliphatic carbocycles. The zero-order chi connectivity index (χ0) is 17.3. The maximum absolute atomic E-state index is 12.7. The number of halogens is 2. The second kappa shape index (κ2) is 6.93. The first-order valence-electron chi connectivity index (χ1n) is 7.44. The van der Waals surface area contributed by atoms with Crippen LogP contribution < -0.4 is 0 Å². The molecule has 0 fully saturated rings. The Labute approximate surface area is 146 Å². The summed E-state index contributed by atoms with van der Waals surface area (Å²) < 4.78 is 3.45. The number of aryl methyl sites for hydroxylation is 2. The van der Waals surface area contributed by atoms with Gasteiger partial charge in [-0.2, -0.15) is 10.2 Å². The van der Waals surface area contributed by atoms with Crippen molar-refractivity contribution in [3.63, 3.8) is 0 Å². The van der Waals surface area contributed by atoms with Crippen molar-refractivity contribution in [2.75, 3.05) is 7.05 Å². The van der Waals surface area contributed by atoms with Gasteiger partial charge >= 0.3 is 0 Å². The van der Waals surface area contributed by atoms with Crippen molar-refractivity contribution in [1.82, 2.24) is 24.5 Å². The lowest BCUT2D eigenvalue weighted by Crippen LogP contribution is -2.34. The molecule has 0 saturated carbocycles. The van der Waals surface area contributed by atoms with Crippen molar-refractivity contribution in [2.45, 2.75) is 46.8 Å². The molecule has 0 saturated heterocycles. The van der Waals surface area contributed by atoms with Gasteiger partial charge in [-0.1, -0.05) is 23.2 Å². The number of rotatable bonds is 5. The summed E-state index contributed by atoms with van der Waals surface area (Å²) in [4.78, 5) is 14.3. The zero-order valence-corrected chi connectivity index (χ0v) is 15.5. The van der Waals surface area contributed by atoms with E-state index in [4.69, 9.17) is 23.2 Å². The molecule has 1 unspecified atom stereocenters. The Morgan fingerprint density at radius 3 is 2.57 bits per heavy atom. The van der Waals surface area contributed by atoms with Crippen LogP contribution in [-0.4, -0.2) is 37.4 Å². The van der Waals surface area contributed by atoms with Gasteiger partial charge in [0.15, 0.2) is 0 Å². The van der Waals surface area contributed by atoms with Crippen molar-refractivity contribution in [3.05, 3.63) is 33.3 Å². The Morgan fingerprint density at radius 1 is 1.39 bits per heavy atom. The summed E-state index contributed by atoms with van der Waals surface area (Å²) in [5.74, 6) is -0.0628. The van der Waals surface area contributed by atoms with Crippen LogP contribution in [-0.2, 0) is 17.9 Å². The molecule has 0 spiro atoms.